The Morgan fingerprint density at radius 2 is 1.81 bits per heavy atom. The van der Waals surface area contributed by atoms with E-state index >= 15 is 0 Å². The number of ketones is 1. The molecule has 2 rings (SSSR count). The van der Waals surface area contributed by atoms with Crippen LogP contribution < -0.4 is 14.8 Å². The standard InChI is InChI=1S/C18H27NO5.C4H4O4/c1-12(20)13-5-6-16-17(7-13)23-11-15(24-16)10-22-9-14(21)8-19-18(2,3)4;5-3(6)1-2-4(7)8/h5-7,14-15,19,21H,8-11H2,1-4H3;1-2H,(H,5,6)(H,7,8)/b;2-1-. The molecule has 1 aromatic carbocycles. The van der Waals surface area contributed by atoms with Gasteiger partial charge in [-0.3, -0.25) is 4.79 Å². The fourth-order valence-corrected chi connectivity index (χ4v) is 2.38. The molecular weight excluding hydrogens is 422 g/mol. The van der Waals surface area contributed by atoms with Crippen LogP contribution in [0.1, 0.15) is 38.1 Å². The van der Waals surface area contributed by atoms with Crippen molar-refractivity contribution in [3.63, 3.8) is 0 Å². The number of β-amino-alcohol motifs (C(OH)–C–C–N with tert-alkyl or cyclic N) is 1. The molecule has 4 N–H and O–H groups in total. The number of aliphatic hydroxyl groups excluding tert-OH is 1. The Morgan fingerprint density at radius 3 is 2.34 bits per heavy atom. The van der Waals surface area contributed by atoms with Gasteiger partial charge in [0.2, 0.25) is 0 Å². The molecule has 32 heavy (non-hydrogen) atoms. The largest absolute Gasteiger partial charge is 0.486 e. The zero-order valence-electron chi connectivity index (χ0n) is 18.7. The average molecular weight is 453 g/mol. The Bertz CT molecular complexity index is 798. The summed E-state index contributed by atoms with van der Waals surface area (Å²) < 4.78 is 17.0. The van der Waals surface area contributed by atoms with Crippen molar-refractivity contribution in [2.75, 3.05) is 26.4 Å². The van der Waals surface area contributed by atoms with Crippen LogP contribution in [0.3, 0.4) is 0 Å². The Hall–Kier alpha value is -2.95. The average Bonchev–Trinajstić information content (AvgIpc) is 2.70. The zero-order chi connectivity index (χ0) is 24.3. The quantitative estimate of drug-likeness (QED) is 0.320. The summed E-state index contributed by atoms with van der Waals surface area (Å²) in [4.78, 5) is 30.5. The van der Waals surface area contributed by atoms with Crippen LogP contribution in [-0.4, -0.2) is 77.2 Å². The van der Waals surface area contributed by atoms with E-state index in [1.807, 2.05) is 20.8 Å². The predicted octanol–water partition coefficient (Wildman–Crippen LogP) is 1.51. The molecule has 2 unspecified atom stereocenters. The van der Waals surface area contributed by atoms with E-state index in [-0.39, 0.29) is 24.0 Å². The number of rotatable bonds is 9. The molecule has 0 fully saturated rings. The van der Waals surface area contributed by atoms with Crippen molar-refractivity contribution < 1.29 is 43.9 Å². The lowest BCUT2D eigenvalue weighted by Crippen LogP contribution is -2.42. The van der Waals surface area contributed by atoms with Gasteiger partial charge in [0.15, 0.2) is 23.4 Å². The van der Waals surface area contributed by atoms with Crippen LogP contribution >= 0.6 is 0 Å². The lowest BCUT2D eigenvalue weighted by Gasteiger charge is -2.27. The molecule has 0 bridgehead atoms. The number of carbonyl (C=O) groups is 3. The minimum atomic E-state index is -1.26. The zero-order valence-corrected chi connectivity index (χ0v) is 18.7. The van der Waals surface area contributed by atoms with Gasteiger partial charge in [-0.25, -0.2) is 9.59 Å². The van der Waals surface area contributed by atoms with Gasteiger partial charge in [0.05, 0.1) is 19.3 Å². The summed E-state index contributed by atoms with van der Waals surface area (Å²) in [5, 5.41) is 28.7. The third kappa shape index (κ3) is 11.4. The molecule has 1 aliphatic heterocycles. The molecule has 178 valence electrons. The minimum Gasteiger partial charge on any atom is -0.486 e. The molecule has 0 spiro atoms. The summed E-state index contributed by atoms with van der Waals surface area (Å²) in [5.74, 6) is -1.34. The highest BCUT2D eigenvalue weighted by molar-refractivity contribution is 5.94. The topological polar surface area (TPSA) is 152 Å². The molecule has 1 heterocycles. The van der Waals surface area contributed by atoms with Gasteiger partial charge >= 0.3 is 11.9 Å². The maximum atomic E-state index is 11.4. The van der Waals surface area contributed by atoms with E-state index in [1.165, 1.54) is 6.92 Å². The monoisotopic (exact) mass is 453 g/mol. The molecule has 10 heteroatoms. The third-order valence-electron chi connectivity index (χ3n) is 3.92. The molecule has 1 aliphatic rings. The third-order valence-corrected chi connectivity index (χ3v) is 3.92. The first-order valence-corrected chi connectivity index (χ1v) is 9.96. The normalized spacial score (nSPS) is 16.1. The maximum absolute atomic E-state index is 11.4. The number of carboxylic acids is 2. The summed E-state index contributed by atoms with van der Waals surface area (Å²) in [5.41, 5.74) is 0.561. The van der Waals surface area contributed by atoms with Gasteiger partial charge in [-0.15, -0.1) is 0 Å². The molecule has 0 saturated carbocycles. The first kappa shape index (κ1) is 27.1. The molecule has 10 nitrogen and oxygen atoms in total. The SMILES string of the molecule is CC(=O)c1ccc2c(c1)OCC(COCC(O)CNC(C)(C)C)O2.O=C(O)/C=C\C(=O)O. The van der Waals surface area contributed by atoms with E-state index < -0.39 is 18.0 Å². The lowest BCUT2D eigenvalue weighted by molar-refractivity contribution is -0.134. The van der Waals surface area contributed by atoms with Crippen LogP contribution in [0.15, 0.2) is 30.4 Å². The van der Waals surface area contributed by atoms with Crippen molar-refractivity contribution >= 4 is 17.7 Å². The van der Waals surface area contributed by atoms with Crippen molar-refractivity contribution in [2.45, 2.75) is 45.4 Å². The second-order valence-electron chi connectivity index (χ2n) is 8.10. The Morgan fingerprint density at radius 1 is 1.19 bits per heavy atom. The van der Waals surface area contributed by atoms with Crippen molar-refractivity contribution in [3.05, 3.63) is 35.9 Å². The van der Waals surface area contributed by atoms with E-state index in [1.54, 1.807) is 18.2 Å². The molecule has 0 saturated heterocycles. The van der Waals surface area contributed by atoms with E-state index in [4.69, 9.17) is 24.4 Å². The van der Waals surface area contributed by atoms with E-state index in [0.29, 0.717) is 49.0 Å². The van der Waals surface area contributed by atoms with Gasteiger partial charge in [-0.05, 0) is 45.9 Å². The maximum Gasteiger partial charge on any atom is 0.328 e. The van der Waals surface area contributed by atoms with Gasteiger partial charge in [0.1, 0.15) is 6.61 Å². The smallest absolute Gasteiger partial charge is 0.328 e. The van der Waals surface area contributed by atoms with Gasteiger partial charge in [0, 0.05) is 29.8 Å². The number of hydrogen-bond acceptors (Lipinski definition) is 8. The number of Topliss-reactive ketones (excluding diaryl/α,β-unsaturated/α-hetero) is 1. The van der Waals surface area contributed by atoms with Crippen molar-refractivity contribution in [1.29, 1.82) is 0 Å². The van der Waals surface area contributed by atoms with Crippen molar-refractivity contribution in [1.82, 2.24) is 5.32 Å². The van der Waals surface area contributed by atoms with Crippen LogP contribution in [-0.2, 0) is 14.3 Å². The number of fused-ring (bicyclic) bond motifs is 1. The van der Waals surface area contributed by atoms with Gasteiger partial charge in [-0.2, -0.15) is 0 Å². The second-order valence-corrected chi connectivity index (χ2v) is 8.10. The van der Waals surface area contributed by atoms with Crippen LogP contribution in [0.25, 0.3) is 0 Å². The number of nitrogens with one attached hydrogen (secondary N) is 1. The summed E-state index contributed by atoms with van der Waals surface area (Å²) >= 11 is 0. The first-order chi connectivity index (χ1) is 14.9. The van der Waals surface area contributed by atoms with E-state index in [0.717, 1.165) is 0 Å². The van der Waals surface area contributed by atoms with Crippen LogP contribution in [0, 0.1) is 0 Å². The lowest BCUT2D eigenvalue weighted by atomic mass is 10.1. The fourth-order valence-electron chi connectivity index (χ4n) is 2.38. The number of hydrogen-bond donors (Lipinski definition) is 4. The molecule has 0 radical (unpaired) electrons. The Labute approximate surface area is 186 Å². The number of carbonyl (C=O) groups excluding carboxylic acids is 1. The first-order valence-electron chi connectivity index (χ1n) is 9.96. The second kappa shape index (κ2) is 12.8. The van der Waals surface area contributed by atoms with Crippen LogP contribution in [0.4, 0.5) is 0 Å². The van der Waals surface area contributed by atoms with Gasteiger partial charge < -0.3 is 34.8 Å². The number of benzene rings is 1. The Balaban J connectivity index is 0.000000547. The Kier molecular flexibility index (Phi) is 10.8. The summed E-state index contributed by atoms with van der Waals surface area (Å²) in [6, 6.07) is 5.15. The number of ether oxygens (including phenoxy) is 3. The van der Waals surface area contributed by atoms with Crippen molar-refractivity contribution in [2.24, 2.45) is 0 Å². The van der Waals surface area contributed by atoms with Crippen LogP contribution in [0.2, 0.25) is 0 Å². The minimum absolute atomic E-state index is 0.00953. The molecular formula is C22H31NO9. The molecule has 1 aromatic rings. The molecule has 2 atom stereocenters. The summed E-state index contributed by atoms with van der Waals surface area (Å²) in [6.45, 7) is 9.04. The number of carboxylic acid groups (broad SMARTS) is 2. The van der Waals surface area contributed by atoms with Crippen molar-refractivity contribution in [3.8, 4) is 11.5 Å². The number of aliphatic hydroxyl groups is 1. The van der Waals surface area contributed by atoms with E-state index in [9.17, 15) is 19.5 Å². The highest BCUT2D eigenvalue weighted by Crippen LogP contribution is 2.32. The summed E-state index contributed by atoms with van der Waals surface area (Å²) in [7, 11) is 0. The predicted molar refractivity (Wildman–Crippen MR) is 115 cm³/mol. The molecule has 0 aromatic heterocycles. The van der Waals surface area contributed by atoms with Gasteiger partial charge in [0.25, 0.3) is 0 Å². The van der Waals surface area contributed by atoms with Gasteiger partial charge in [-0.1, -0.05) is 0 Å². The highest BCUT2D eigenvalue weighted by atomic mass is 16.6. The fraction of sp³-hybridized carbons (Fsp3) is 0.500. The molecule has 0 aliphatic carbocycles. The number of aliphatic carboxylic acids is 2. The molecule has 0 amide bonds. The van der Waals surface area contributed by atoms with E-state index in [2.05, 4.69) is 5.32 Å². The summed E-state index contributed by atoms with van der Waals surface area (Å²) in [6.07, 6.45) is 0.313. The highest BCUT2D eigenvalue weighted by Gasteiger charge is 2.22. The van der Waals surface area contributed by atoms with Crippen LogP contribution in [0.5, 0.6) is 11.5 Å².